The summed E-state index contributed by atoms with van der Waals surface area (Å²) < 4.78 is 42.5. The van der Waals surface area contributed by atoms with Crippen LogP contribution < -0.4 is 0 Å². The molecule has 1 fully saturated rings. The predicted molar refractivity (Wildman–Crippen MR) is 103 cm³/mol. The number of benzene rings is 2. The zero-order valence-corrected chi connectivity index (χ0v) is 16.0. The highest BCUT2D eigenvalue weighted by atomic mass is 32.1. The Labute approximate surface area is 166 Å². The van der Waals surface area contributed by atoms with E-state index in [9.17, 15) is 23.1 Å². The smallest absolute Gasteiger partial charge is 0.363 e. The number of alkyl halides is 3. The number of carbonyl (C=O) groups excluding carboxylic acids is 1. The van der Waals surface area contributed by atoms with Crippen LogP contribution in [0.5, 0.6) is 0 Å². The van der Waals surface area contributed by atoms with E-state index in [0.29, 0.717) is 10.5 Å². The second-order valence-electron chi connectivity index (χ2n) is 6.74. The molecule has 1 N–H and O–H groups in total. The molecule has 1 heterocycles. The first-order valence-electron chi connectivity index (χ1n) is 8.54. The molecule has 1 aliphatic heterocycles. The van der Waals surface area contributed by atoms with E-state index in [2.05, 4.69) is 0 Å². The van der Waals surface area contributed by atoms with Crippen LogP contribution in [0.2, 0.25) is 0 Å². The summed E-state index contributed by atoms with van der Waals surface area (Å²) in [6, 6.07) is 14.9. The molecule has 2 aromatic rings. The molecule has 2 aromatic carbocycles. The Hall–Kier alpha value is -2.45. The molecular weight excluding hydrogens is 389 g/mol. The highest BCUT2D eigenvalue weighted by Crippen LogP contribution is 2.50. The quantitative estimate of drug-likeness (QED) is 0.621. The molecule has 3 rings (SSSR count). The van der Waals surface area contributed by atoms with Crippen LogP contribution in [0.15, 0.2) is 60.7 Å². The van der Waals surface area contributed by atoms with Crippen molar-refractivity contribution >= 4 is 23.1 Å². The molecule has 0 aromatic heterocycles. The van der Waals surface area contributed by atoms with Gasteiger partial charge in [-0.1, -0.05) is 60.7 Å². The van der Waals surface area contributed by atoms with E-state index in [1.54, 1.807) is 48.5 Å². The maximum Gasteiger partial charge on any atom is 0.437 e. The number of thiocarbonyl (C=S) groups is 1. The molecular formula is C20H19F3N2O2S. The molecule has 148 valence electrons. The number of aliphatic hydroxyl groups is 1. The molecule has 0 unspecified atom stereocenters. The second kappa shape index (κ2) is 7.18. The fraction of sp³-hybridized carbons (Fsp3) is 0.300. The predicted octanol–water partition coefficient (Wildman–Crippen LogP) is 3.64. The number of nitrogens with zero attached hydrogens (tertiary/aromatic N) is 2. The van der Waals surface area contributed by atoms with Crippen molar-refractivity contribution in [3.8, 4) is 0 Å². The lowest BCUT2D eigenvalue weighted by Gasteiger charge is -2.54. The van der Waals surface area contributed by atoms with Crippen molar-refractivity contribution in [3.63, 3.8) is 0 Å². The van der Waals surface area contributed by atoms with Gasteiger partial charge in [-0.25, -0.2) is 0 Å². The third-order valence-corrected chi connectivity index (χ3v) is 5.73. The summed E-state index contributed by atoms with van der Waals surface area (Å²) in [5.41, 5.74) is -2.91. The molecule has 4 nitrogen and oxygen atoms in total. The van der Waals surface area contributed by atoms with Gasteiger partial charge in [-0.05, 0) is 17.8 Å². The molecule has 0 amide bonds. The minimum atomic E-state index is -5.12. The standard InChI is InChI=1S/C20H19F3N2O2S/c1-24-16(13-9-5-3-6-10-13)15(17(26)14-11-7-4-8-12-14)19(27,20(21,22)23)25(2)18(24)28/h3-12,15-16,27H,1-2H3/t15-,16+,19-/m1/s1. The van der Waals surface area contributed by atoms with Gasteiger partial charge in [0, 0.05) is 19.7 Å². The maximum absolute atomic E-state index is 14.2. The van der Waals surface area contributed by atoms with Crippen LogP contribution in [-0.2, 0) is 0 Å². The first-order valence-corrected chi connectivity index (χ1v) is 8.95. The Bertz CT molecular complexity index is 876. The molecule has 0 aliphatic carbocycles. The van der Waals surface area contributed by atoms with E-state index >= 15 is 0 Å². The van der Waals surface area contributed by atoms with Gasteiger partial charge in [-0.2, -0.15) is 13.2 Å². The van der Waals surface area contributed by atoms with Crippen LogP contribution in [0.25, 0.3) is 0 Å². The molecule has 28 heavy (non-hydrogen) atoms. The SMILES string of the molecule is CN1C(=S)N(C)[C@](O)(C(F)(F)F)[C@@H](C(=O)c2ccccc2)[C@@H]1c1ccccc1. The van der Waals surface area contributed by atoms with Crippen LogP contribution in [0.4, 0.5) is 13.2 Å². The van der Waals surface area contributed by atoms with Gasteiger partial charge >= 0.3 is 6.18 Å². The molecule has 1 aliphatic rings. The average molecular weight is 408 g/mol. The summed E-state index contributed by atoms with van der Waals surface area (Å²) in [6.07, 6.45) is -5.12. The van der Waals surface area contributed by atoms with E-state index in [4.69, 9.17) is 12.2 Å². The van der Waals surface area contributed by atoms with Crippen molar-refractivity contribution in [1.82, 2.24) is 9.80 Å². The first kappa shape index (κ1) is 20.3. The number of ketones is 1. The molecule has 1 saturated heterocycles. The highest BCUT2D eigenvalue weighted by molar-refractivity contribution is 7.80. The van der Waals surface area contributed by atoms with Gasteiger partial charge in [-0.3, -0.25) is 4.79 Å². The lowest BCUT2D eigenvalue weighted by atomic mass is 9.76. The average Bonchev–Trinajstić information content (AvgIpc) is 2.69. The lowest BCUT2D eigenvalue weighted by Crippen LogP contribution is -2.72. The Morgan fingerprint density at radius 1 is 1.04 bits per heavy atom. The number of hydrogen-bond donors (Lipinski definition) is 1. The van der Waals surface area contributed by atoms with Crippen LogP contribution in [-0.4, -0.2) is 51.8 Å². The minimum absolute atomic E-state index is 0.0886. The van der Waals surface area contributed by atoms with Crippen molar-refractivity contribution in [1.29, 1.82) is 0 Å². The van der Waals surface area contributed by atoms with E-state index in [-0.39, 0.29) is 10.7 Å². The Balaban J connectivity index is 2.26. The third-order valence-electron chi connectivity index (χ3n) is 5.17. The Kier molecular flexibility index (Phi) is 5.20. The molecule has 0 spiro atoms. The maximum atomic E-state index is 14.2. The van der Waals surface area contributed by atoms with Gasteiger partial charge in [0.25, 0.3) is 5.72 Å². The monoisotopic (exact) mass is 408 g/mol. The largest absolute Gasteiger partial charge is 0.437 e. The van der Waals surface area contributed by atoms with Crippen LogP contribution in [0.1, 0.15) is 22.0 Å². The number of hydrogen-bond acceptors (Lipinski definition) is 3. The third kappa shape index (κ3) is 3.06. The number of carbonyl (C=O) groups is 1. The zero-order valence-electron chi connectivity index (χ0n) is 15.2. The van der Waals surface area contributed by atoms with E-state index in [0.717, 1.165) is 7.05 Å². The van der Waals surface area contributed by atoms with Crippen molar-refractivity contribution in [3.05, 3.63) is 71.8 Å². The Morgan fingerprint density at radius 3 is 2.04 bits per heavy atom. The molecule has 0 bridgehead atoms. The normalized spacial score (nSPS) is 25.7. The topological polar surface area (TPSA) is 43.8 Å². The van der Waals surface area contributed by atoms with Gasteiger partial charge in [0.05, 0.1) is 6.04 Å². The number of Topliss-reactive ketones (excluding diaryl/α,β-unsaturated/α-hetero) is 1. The van der Waals surface area contributed by atoms with Crippen molar-refractivity contribution < 1.29 is 23.1 Å². The van der Waals surface area contributed by atoms with Crippen molar-refractivity contribution in [2.45, 2.75) is 17.9 Å². The molecule has 8 heteroatoms. The van der Waals surface area contributed by atoms with Gasteiger partial charge in [0.1, 0.15) is 5.92 Å². The second-order valence-corrected chi connectivity index (χ2v) is 7.11. The summed E-state index contributed by atoms with van der Waals surface area (Å²) in [7, 11) is 2.58. The summed E-state index contributed by atoms with van der Waals surface area (Å²) in [6.45, 7) is 0. The van der Waals surface area contributed by atoms with Crippen LogP contribution in [0, 0.1) is 5.92 Å². The van der Waals surface area contributed by atoms with Gasteiger partial charge < -0.3 is 14.9 Å². The number of rotatable bonds is 3. The molecule has 0 radical (unpaired) electrons. The van der Waals surface area contributed by atoms with Crippen molar-refractivity contribution in [2.24, 2.45) is 5.92 Å². The highest BCUT2D eigenvalue weighted by Gasteiger charge is 2.69. The summed E-state index contributed by atoms with van der Waals surface area (Å²) in [5, 5.41) is 10.8. The van der Waals surface area contributed by atoms with Crippen molar-refractivity contribution in [2.75, 3.05) is 14.1 Å². The van der Waals surface area contributed by atoms with Crippen LogP contribution >= 0.6 is 12.2 Å². The van der Waals surface area contributed by atoms with E-state index in [1.165, 1.54) is 24.1 Å². The fourth-order valence-electron chi connectivity index (χ4n) is 3.69. The Morgan fingerprint density at radius 2 is 1.54 bits per heavy atom. The summed E-state index contributed by atoms with van der Waals surface area (Å²) >= 11 is 5.18. The van der Waals surface area contributed by atoms with Gasteiger partial charge in [-0.15, -0.1) is 0 Å². The minimum Gasteiger partial charge on any atom is -0.363 e. The van der Waals surface area contributed by atoms with E-state index in [1.807, 2.05) is 0 Å². The van der Waals surface area contributed by atoms with E-state index < -0.39 is 29.6 Å². The molecule has 3 atom stereocenters. The lowest BCUT2D eigenvalue weighted by molar-refractivity contribution is -0.324. The van der Waals surface area contributed by atoms with Gasteiger partial charge in [0.15, 0.2) is 10.9 Å². The zero-order chi connectivity index (χ0) is 20.7. The fourth-order valence-corrected chi connectivity index (χ4v) is 3.95. The number of halogens is 3. The first-order chi connectivity index (χ1) is 13.1. The molecule has 0 saturated carbocycles. The summed E-state index contributed by atoms with van der Waals surface area (Å²) in [4.78, 5) is 15.3. The summed E-state index contributed by atoms with van der Waals surface area (Å²) in [5.74, 6) is -2.66. The van der Waals surface area contributed by atoms with Gasteiger partial charge in [0.2, 0.25) is 0 Å². The van der Waals surface area contributed by atoms with Crippen LogP contribution in [0.3, 0.4) is 0 Å².